The fraction of sp³-hybridized carbons (Fsp3) is 0.476. The minimum atomic E-state index is -0.463. The van der Waals surface area contributed by atoms with E-state index >= 15 is 0 Å². The maximum absolute atomic E-state index is 12.7. The number of carbonyl (C=O) groups excluding carboxylic acids is 2. The van der Waals surface area contributed by atoms with Gasteiger partial charge in [0.15, 0.2) is 6.61 Å². The lowest BCUT2D eigenvalue weighted by Crippen LogP contribution is -2.38. The van der Waals surface area contributed by atoms with Crippen molar-refractivity contribution in [2.75, 3.05) is 6.61 Å². The first-order valence-corrected chi connectivity index (χ1v) is 9.44. The number of ether oxygens (including phenoxy) is 1. The van der Waals surface area contributed by atoms with E-state index in [1.165, 1.54) is 6.42 Å². The summed E-state index contributed by atoms with van der Waals surface area (Å²) in [5.41, 5.74) is 2.98. The van der Waals surface area contributed by atoms with E-state index < -0.39 is 5.97 Å². The molecule has 2 aromatic rings. The van der Waals surface area contributed by atoms with Crippen molar-refractivity contribution in [3.63, 3.8) is 0 Å². The highest BCUT2D eigenvalue weighted by Gasteiger charge is 2.21. The Morgan fingerprint density at radius 2 is 1.92 bits per heavy atom. The van der Waals surface area contributed by atoms with Gasteiger partial charge in [0.25, 0.3) is 5.91 Å². The van der Waals surface area contributed by atoms with Gasteiger partial charge in [-0.15, -0.1) is 0 Å². The van der Waals surface area contributed by atoms with Crippen LogP contribution in [0.4, 0.5) is 0 Å². The van der Waals surface area contributed by atoms with Crippen molar-refractivity contribution in [1.82, 2.24) is 10.3 Å². The molecule has 1 N–H and O–H groups in total. The molecule has 5 nitrogen and oxygen atoms in total. The molecular weight excluding hydrogens is 328 g/mol. The standard InChI is InChI=1S/C21H26N2O3/c1-3-17-14(2)20(16-11-7-8-12-18(16)23-17)21(25)26-13-19(24)22-15-9-5-4-6-10-15/h7-8,11-12,15H,3-6,9-10,13H2,1-2H3,(H,22,24). The molecule has 0 unspecified atom stereocenters. The minimum Gasteiger partial charge on any atom is -0.452 e. The van der Waals surface area contributed by atoms with E-state index in [1.54, 1.807) is 0 Å². The third-order valence-corrected chi connectivity index (χ3v) is 5.08. The number of amides is 1. The fourth-order valence-electron chi connectivity index (χ4n) is 3.68. The molecule has 138 valence electrons. The lowest BCUT2D eigenvalue weighted by Gasteiger charge is -2.22. The Bertz CT molecular complexity index is 810. The van der Waals surface area contributed by atoms with Crippen molar-refractivity contribution in [1.29, 1.82) is 0 Å². The Hall–Kier alpha value is -2.43. The Kier molecular flexibility index (Phi) is 5.86. The summed E-state index contributed by atoms with van der Waals surface area (Å²) < 4.78 is 5.34. The molecule has 1 aromatic heterocycles. The van der Waals surface area contributed by atoms with E-state index in [0.717, 1.165) is 54.3 Å². The summed E-state index contributed by atoms with van der Waals surface area (Å²) in [4.78, 5) is 29.5. The average molecular weight is 354 g/mol. The first-order chi connectivity index (χ1) is 12.6. The molecule has 0 radical (unpaired) electrons. The SMILES string of the molecule is CCc1nc2ccccc2c(C(=O)OCC(=O)NC2CCCCC2)c1C. The molecule has 0 bridgehead atoms. The van der Waals surface area contributed by atoms with E-state index in [9.17, 15) is 9.59 Å². The number of rotatable bonds is 5. The van der Waals surface area contributed by atoms with E-state index in [2.05, 4.69) is 10.3 Å². The van der Waals surface area contributed by atoms with Gasteiger partial charge in [0.1, 0.15) is 0 Å². The van der Waals surface area contributed by atoms with Crippen LogP contribution in [-0.4, -0.2) is 29.5 Å². The molecule has 0 atom stereocenters. The van der Waals surface area contributed by atoms with E-state index in [0.29, 0.717) is 5.56 Å². The van der Waals surface area contributed by atoms with Crippen molar-refractivity contribution in [3.8, 4) is 0 Å². The third kappa shape index (κ3) is 4.03. The second-order valence-electron chi connectivity index (χ2n) is 6.91. The number of nitrogens with one attached hydrogen (secondary N) is 1. The number of nitrogens with zero attached hydrogens (tertiary/aromatic N) is 1. The molecule has 3 rings (SSSR count). The van der Waals surface area contributed by atoms with Crippen LogP contribution in [-0.2, 0) is 16.0 Å². The summed E-state index contributed by atoms with van der Waals surface area (Å²) in [5, 5.41) is 3.74. The average Bonchev–Trinajstić information content (AvgIpc) is 2.66. The summed E-state index contributed by atoms with van der Waals surface area (Å²) in [6.45, 7) is 3.65. The number of pyridine rings is 1. The van der Waals surface area contributed by atoms with Gasteiger partial charge in [0.2, 0.25) is 0 Å². The monoisotopic (exact) mass is 354 g/mol. The molecule has 1 aromatic carbocycles. The van der Waals surface area contributed by atoms with Gasteiger partial charge in [-0.1, -0.05) is 44.4 Å². The predicted octanol–water partition coefficient (Wildman–Crippen LogP) is 3.71. The summed E-state index contributed by atoms with van der Waals surface area (Å²) in [6.07, 6.45) is 6.27. The molecular formula is C21H26N2O3. The molecule has 1 aliphatic carbocycles. The number of fused-ring (bicyclic) bond motifs is 1. The van der Waals surface area contributed by atoms with Gasteiger partial charge in [-0.3, -0.25) is 9.78 Å². The molecule has 5 heteroatoms. The molecule has 1 heterocycles. The zero-order valence-corrected chi connectivity index (χ0v) is 15.5. The van der Waals surface area contributed by atoms with Crippen molar-refractivity contribution in [2.24, 2.45) is 0 Å². The molecule has 0 saturated heterocycles. The Morgan fingerprint density at radius 3 is 2.65 bits per heavy atom. The second-order valence-corrected chi connectivity index (χ2v) is 6.91. The largest absolute Gasteiger partial charge is 0.452 e. The number of benzene rings is 1. The van der Waals surface area contributed by atoms with Crippen LogP contribution in [0.25, 0.3) is 10.9 Å². The molecule has 1 aliphatic rings. The van der Waals surface area contributed by atoms with Crippen LogP contribution in [0, 0.1) is 6.92 Å². The highest BCUT2D eigenvalue weighted by Crippen LogP contribution is 2.24. The van der Waals surface area contributed by atoms with Crippen molar-refractivity contribution in [3.05, 3.63) is 41.1 Å². The van der Waals surface area contributed by atoms with Crippen LogP contribution in [0.5, 0.6) is 0 Å². The van der Waals surface area contributed by atoms with Crippen LogP contribution in [0.3, 0.4) is 0 Å². The maximum atomic E-state index is 12.7. The summed E-state index contributed by atoms with van der Waals surface area (Å²) in [5.74, 6) is -0.688. The normalized spacial score (nSPS) is 15.0. The van der Waals surface area contributed by atoms with Crippen molar-refractivity contribution < 1.29 is 14.3 Å². The molecule has 0 aliphatic heterocycles. The zero-order valence-electron chi connectivity index (χ0n) is 15.5. The van der Waals surface area contributed by atoms with E-state index in [4.69, 9.17) is 4.74 Å². The second kappa shape index (κ2) is 8.30. The smallest absolute Gasteiger partial charge is 0.339 e. The first kappa shape index (κ1) is 18.4. The quantitative estimate of drug-likeness (QED) is 0.831. The van der Waals surface area contributed by atoms with Gasteiger partial charge < -0.3 is 10.1 Å². The molecule has 26 heavy (non-hydrogen) atoms. The number of hydrogen-bond acceptors (Lipinski definition) is 4. The van der Waals surface area contributed by atoms with Gasteiger partial charge in [-0.25, -0.2) is 4.79 Å². The number of hydrogen-bond donors (Lipinski definition) is 1. The lowest BCUT2D eigenvalue weighted by molar-refractivity contribution is -0.125. The van der Waals surface area contributed by atoms with Crippen molar-refractivity contribution in [2.45, 2.75) is 58.4 Å². The van der Waals surface area contributed by atoms with Crippen LogP contribution < -0.4 is 5.32 Å². The maximum Gasteiger partial charge on any atom is 0.339 e. The van der Waals surface area contributed by atoms with Crippen molar-refractivity contribution >= 4 is 22.8 Å². The number of esters is 1. The number of para-hydroxylation sites is 1. The Labute approximate surface area is 154 Å². The van der Waals surface area contributed by atoms with Crippen LogP contribution >= 0.6 is 0 Å². The predicted molar refractivity (Wildman–Crippen MR) is 101 cm³/mol. The Morgan fingerprint density at radius 1 is 1.19 bits per heavy atom. The van der Waals surface area contributed by atoms with Gasteiger partial charge in [-0.05, 0) is 37.8 Å². The molecule has 1 amide bonds. The Balaban J connectivity index is 1.73. The lowest BCUT2D eigenvalue weighted by atomic mass is 9.95. The molecule has 1 fully saturated rings. The van der Waals surface area contributed by atoms with Crippen LogP contribution in [0.15, 0.2) is 24.3 Å². The minimum absolute atomic E-state index is 0.213. The van der Waals surface area contributed by atoms with E-state index in [-0.39, 0.29) is 18.6 Å². The number of aryl methyl sites for hydroxylation is 1. The molecule has 0 spiro atoms. The topological polar surface area (TPSA) is 68.3 Å². The summed E-state index contributed by atoms with van der Waals surface area (Å²) in [6, 6.07) is 7.75. The van der Waals surface area contributed by atoms with Crippen LogP contribution in [0.2, 0.25) is 0 Å². The highest BCUT2D eigenvalue weighted by molar-refractivity contribution is 6.05. The zero-order chi connectivity index (χ0) is 18.5. The summed E-state index contributed by atoms with van der Waals surface area (Å²) >= 11 is 0. The number of aromatic nitrogens is 1. The fourth-order valence-corrected chi connectivity index (χ4v) is 3.68. The van der Waals surface area contributed by atoms with E-state index in [1.807, 2.05) is 38.1 Å². The molecule has 1 saturated carbocycles. The van der Waals surface area contributed by atoms with Gasteiger partial charge in [-0.2, -0.15) is 0 Å². The van der Waals surface area contributed by atoms with Crippen LogP contribution in [0.1, 0.15) is 60.6 Å². The first-order valence-electron chi connectivity index (χ1n) is 9.44. The number of carbonyl (C=O) groups is 2. The van der Waals surface area contributed by atoms with Gasteiger partial charge in [0.05, 0.1) is 11.1 Å². The van der Waals surface area contributed by atoms with Gasteiger partial charge >= 0.3 is 5.97 Å². The van der Waals surface area contributed by atoms with Gasteiger partial charge in [0, 0.05) is 17.1 Å². The highest BCUT2D eigenvalue weighted by atomic mass is 16.5. The summed E-state index contributed by atoms with van der Waals surface area (Å²) in [7, 11) is 0. The third-order valence-electron chi connectivity index (χ3n) is 5.08.